The zero-order valence-electron chi connectivity index (χ0n) is 18.0. The van der Waals surface area contributed by atoms with Gasteiger partial charge in [0.1, 0.15) is 5.75 Å². The average Bonchev–Trinajstić information content (AvgIpc) is 3.01. The molecule has 0 unspecified atom stereocenters. The number of hydrogen-bond donors (Lipinski definition) is 1. The molecule has 0 spiro atoms. The lowest BCUT2D eigenvalue weighted by Gasteiger charge is -2.43. The van der Waals surface area contributed by atoms with Gasteiger partial charge in [-0.2, -0.15) is 11.8 Å². The van der Waals surface area contributed by atoms with Gasteiger partial charge in [-0.15, -0.1) is 0 Å². The summed E-state index contributed by atoms with van der Waals surface area (Å²) in [7, 11) is 4.04. The summed E-state index contributed by atoms with van der Waals surface area (Å²) >= 11 is 8.13. The highest BCUT2D eigenvalue weighted by molar-refractivity contribution is 7.98. The Morgan fingerprint density at radius 3 is 2.60 bits per heavy atom. The Labute approximate surface area is 190 Å². The molecule has 162 valence electrons. The molecule has 2 fully saturated rings. The lowest BCUT2D eigenvalue weighted by atomic mass is 9.76. The third kappa shape index (κ3) is 5.16. The van der Waals surface area contributed by atoms with Crippen molar-refractivity contribution in [3.8, 4) is 5.75 Å². The molecule has 0 aliphatic carbocycles. The molecule has 30 heavy (non-hydrogen) atoms. The molecule has 3 nitrogen and oxygen atoms in total. The highest BCUT2D eigenvalue weighted by Crippen LogP contribution is 2.46. The van der Waals surface area contributed by atoms with Crippen LogP contribution in [0.1, 0.15) is 36.3 Å². The first-order valence-corrected chi connectivity index (χ1v) is 12.6. The fourth-order valence-corrected chi connectivity index (χ4v) is 6.26. The van der Waals surface area contributed by atoms with Gasteiger partial charge in [-0.05, 0) is 73.5 Å². The summed E-state index contributed by atoms with van der Waals surface area (Å²) in [4.78, 5) is 2.65. The number of nitrogens with one attached hydrogen (secondary N) is 1. The molecule has 2 aliphatic rings. The van der Waals surface area contributed by atoms with E-state index in [0.29, 0.717) is 17.9 Å². The van der Waals surface area contributed by atoms with E-state index in [1.807, 2.05) is 23.9 Å². The van der Waals surface area contributed by atoms with Gasteiger partial charge in [0.2, 0.25) is 0 Å². The number of fused-ring (bicyclic) bond motifs is 2. The van der Waals surface area contributed by atoms with Gasteiger partial charge in [-0.25, -0.2) is 0 Å². The van der Waals surface area contributed by atoms with Crippen LogP contribution in [-0.4, -0.2) is 50.0 Å². The monoisotopic (exact) mass is 444 g/mol. The van der Waals surface area contributed by atoms with Crippen LogP contribution in [0.2, 0.25) is 5.02 Å². The molecule has 2 bridgehead atoms. The summed E-state index contributed by atoms with van der Waals surface area (Å²) < 4.78 is 5.23. The Morgan fingerprint density at radius 2 is 1.87 bits per heavy atom. The van der Waals surface area contributed by atoms with Gasteiger partial charge >= 0.3 is 0 Å². The van der Waals surface area contributed by atoms with Gasteiger partial charge in [0.05, 0.1) is 7.11 Å². The van der Waals surface area contributed by atoms with Crippen LogP contribution in [0.5, 0.6) is 5.75 Å². The van der Waals surface area contributed by atoms with Crippen molar-refractivity contribution in [2.45, 2.75) is 43.0 Å². The van der Waals surface area contributed by atoms with E-state index in [-0.39, 0.29) is 0 Å². The minimum Gasteiger partial charge on any atom is -0.497 e. The minimum atomic E-state index is 0.635. The fraction of sp³-hybridized carbons (Fsp3) is 0.520. The number of nitrogens with zero attached hydrogens (tertiary/aromatic N) is 1. The van der Waals surface area contributed by atoms with Crippen molar-refractivity contribution in [2.75, 3.05) is 33.0 Å². The van der Waals surface area contributed by atoms with Crippen LogP contribution < -0.4 is 10.1 Å². The molecule has 0 saturated carbocycles. The molecular weight excluding hydrogens is 412 g/mol. The van der Waals surface area contributed by atoms with Crippen molar-refractivity contribution in [3.63, 3.8) is 0 Å². The second kappa shape index (κ2) is 10.4. The molecule has 4 atom stereocenters. The number of benzene rings is 2. The standard InChI is InChI=1S/C25H33ClN2OS/c1-28-21-9-12-25(28)24(23(15-21)19-5-7-20(26)8-6-19)16-27-13-14-30-17-18-3-10-22(29-2)11-4-18/h3-8,10-11,21,23-25,27H,9,12-17H2,1-2H3/t21-,23+,24-,25+/m0/s1. The van der Waals surface area contributed by atoms with E-state index >= 15 is 0 Å². The first kappa shape index (κ1) is 22.0. The second-order valence-electron chi connectivity index (χ2n) is 8.63. The summed E-state index contributed by atoms with van der Waals surface area (Å²) in [5.74, 6) is 4.41. The zero-order valence-corrected chi connectivity index (χ0v) is 19.6. The Balaban J connectivity index is 1.27. The lowest BCUT2D eigenvalue weighted by Crippen LogP contribution is -2.49. The molecule has 0 aromatic heterocycles. The number of ether oxygens (including phenoxy) is 1. The van der Waals surface area contributed by atoms with Gasteiger partial charge in [0, 0.05) is 41.7 Å². The molecule has 2 aromatic carbocycles. The summed E-state index contributed by atoms with van der Waals surface area (Å²) in [5.41, 5.74) is 2.82. The third-order valence-corrected chi connectivity index (χ3v) is 8.24. The van der Waals surface area contributed by atoms with Crippen LogP contribution in [0.4, 0.5) is 0 Å². The smallest absolute Gasteiger partial charge is 0.118 e. The van der Waals surface area contributed by atoms with Crippen molar-refractivity contribution < 1.29 is 4.74 Å². The van der Waals surface area contributed by atoms with E-state index in [1.54, 1.807) is 7.11 Å². The first-order chi connectivity index (χ1) is 14.7. The van der Waals surface area contributed by atoms with Crippen LogP contribution in [-0.2, 0) is 5.75 Å². The van der Waals surface area contributed by atoms with E-state index in [1.165, 1.54) is 30.4 Å². The van der Waals surface area contributed by atoms with Crippen molar-refractivity contribution in [3.05, 3.63) is 64.7 Å². The number of hydrogen-bond acceptors (Lipinski definition) is 4. The third-order valence-electron chi connectivity index (χ3n) is 6.96. The molecule has 2 saturated heterocycles. The van der Waals surface area contributed by atoms with Gasteiger partial charge in [0.25, 0.3) is 0 Å². The predicted molar refractivity (Wildman–Crippen MR) is 129 cm³/mol. The van der Waals surface area contributed by atoms with Crippen LogP contribution >= 0.6 is 23.4 Å². The highest BCUT2D eigenvalue weighted by Gasteiger charge is 2.45. The normalized spacial score (nSPS) is 26.1. The Bertz CT molecular complexity index is 798. The van der Waals surface area contributed by atoms with Gasteiger partial charge in [0.15, 0.2) is 0 Å². The van der Waals surface area contributed by atoms with Crippen molar-refractivity contribution in [1.29, 1.82) is 0 Å². The summed E-state index contributed by atoms with van der Waals surface area (Å²) in [6, 6.07) is 18.4. The molecule has 5 heteroatoms. The molecule has 2 aromatic rings. The van der Waals surface area contributed by atoms with Crippen molar-refractivity contribution >= 4 is 23.4 Å². The van der Waals surface area contributed by atoms with Crippen LogP contribution in [0.3, 0.4) is 0 Å². The predicted octanol–water partition coefficient (Wildman–Crippen LogP) is 5.44. The number of methoxy groups -OCH3 is 1. The number of thioether (sulfide) groups is 1. The summed E-state index contributed by atoms with van der Waals surface area (Å²) in [6.45, 7) is 2.16. The van der Waals surface area contributed by atoms with Crippen LogP contribution in [0.25, 0.3) is 0 Å². The quantitative estimate of drug-likeness (QED) is 0.520. The largest absolute Gasteiger partial charge is 0.497 e. The minimum absolute atomic E-state index is 0.635. The SMILES string of the molecule is COc1ccc(CSCCNC[C@H]2[C@@H](c3ccc(Cl)cc3)C[C@@H]3CC[C@H]2N3C)cc1. The molecule has 0 radical (unpaired) electrons. The fourth-order valence-electron chi connectivity index (χ4n) is 5.27. The molecule has 1 N–H and O–H groups in total. The number of piperidine rings is 1. The van der Waals surface area contributed by atoms with Gasteiger partial charge < -0.3 is 15.0 Å². The summed E-state index contributed by atoms with van der Waals surface area (Å²) in [5, 5.41) is 4.61. The Kier molecular flexibility index (Phi) is 7.64. The zero-order chi connectivity index (χ0) is 20.9. The highest BCUT2D eigenvalue weighted by atomic mass is 35.5. The van der Waals surface area contributed by atoms with E-state index in [9.17, 15) is 0 Å². The van der Waals surface area contributed by atoms with Crippen LogP contribution in [0.15, 0.2) is 48.5 Å². The molecule has 2 aliphatic heterocycles. The molecule has 0 amide bonds. The maximum atomic E-state index is 6.14. The van der Waals surface area contributed by atoms with Gasteiger partial charge in [-0.3, -0.25) is 0 Å². The number of halogens is 1. The van der Waals surface area contributed by atoms with Crippen molar-refractivity contribution in [1.82, 2.24) is 10.2 Å². The Morgan fingerprint density at radius 1 is 1.10 bits per heavy atom. The van der Waals surface area contributed by atoms with Crippen LogP contribution in [0, 0.1) is 5.92 Å². The Hall–Kier alpha value is -1.20. The van der Waals surface area contributed by atoms with E-state index in [2.05, 4.69) is 53.7 Å². The lowest BCUT2D eigenvalue weighted by molar-refractivity contribution is 0.0993. The van der Waals surface area contributed by atoms with E-state index < -0.39 is 0 Å². The second-order valence-corrected chi connectivity index (χ2v) is 10.2. The molecule has 4 rings (SSSR count). The average molecular weight is 445 g/mol. The van der Waals surface area contributed by atoms with Crippen molar-refractivity contribution in [2.24, 2.45) is 5.92 Å². The molecule has 2 heterocycles. The van der Waals surface area contributed by atoms with Gasteiger partial charge in [-0.1, -0.05) is 35.9 Å². The van der Waals surface area contributed by atoms with E-state index in [0.717, 1.165) is 41.4 Å². The molecular formula is C25H33ClN2OS. The topological polar surface area (TPSA) is 24.5 Å². The maximum absolute atomic E-state index is 6.14. The summed E-state index contributed by atoms with van der Waals surface area (Å²) in [6.07, 6.45) is 3.95. The van der Waals surface area contributed by atoms with E-state index in [4.69, 9.17) is 16.3 Å². The maximum Gasteiger partial charge on any atom is 0.118 e. The first-order valence-electron chi connectivity index (χ1n) is 11.0. The number of rotatable bonds is 9.